The molecule has 1 amide bonds. The third-order valence-corrected chi connectivity index (χ3v) is 4.87. The summed E-state index contributed by atoms with van der Waals surface area (Å²) in [5, 5.41) is 8.03. The summed E-state index contributed by atoms with van der Waals surface area (Å²) in [6, 6.07) is 11.5. The van der Waals surface area contributed by atoms with Crippen LogP contribution in [0.15, 0.2) is 41.3 Å². The molecule has 0 aliphatic carbocycles. The van der Waals surface area contributed by atoms with E-state index >= 15 is 0 Å². The number of thioether (sulfide) groups is 1. The van der Waals surface area contributed by atoms with E-state index in [1.165, 1.54) is 0 Å². The molecule has 1 aliphatic heterocycles. The summed E-state index contributed by atoms with van der Waals surface area (Å²) in [6.45, 7) is 5.26. The molecule has 3 rings (SSSR count). The molecule has 0 bridgehead atoms. The van der Waals surface area contributed by atoms with E-state index in [9.17, 15) is 4.79 Å². The minimum atomic E-state index is -0.0306. The van der Waals surface area contributed by atoms with Crippen LogP contribution in [0.4, 0.5) is 0 Å². The molecule has 24 heavy (non-hydrogen) atoms. The molecule has 0 spiro atoms. The van der Waals surface area contributed by atoms with E-state index < -0.39 is 0 Å². The number of aromatic nitrogens is 2. The van der Waals surface area contributed by atoms with Gasteiger partial charge in [0.15, 0.2) is 0 Å². The van der Waals surface area contributed by atoms with Crippen molar-refractivity contribution in [2.24, 2.45) is 0 Å². The van der Waals surface area contributed by atoms with Gasteiger partial charge in [0.25, 0.3) is 5.91 Å². The van der Waals surface area contributed by atoms with Crippen LogP contribution in [0.5, 0.6) is 5.88 Å². The number of aryl methyl sites for hydroxylation is 1. The van der Waals surface area contributed by atoms with Crippen LogP contribution in [-0.2, 0) is 0 Å². The minimum Gasteiger partial charge on any atom is -0.471 e. The quantitative estimate of drug-likeness (QED) is 0.781. The van der Waals surface area contributed by atoms with Gasteiger partial charge in [-0.05, 0) is 30.9 Å². The molecular weight excluding hydrogens is 322 g/mol. The Balaban J connectivity index is 1.65. The molecule has 1 aromatic heterocycles. The van der Waals surface area contributed by atoms with Gasteiger partial charge in [0.05, 0.1) is 17.8 Å². The number of likely N-dealkylation sites (tertiary alicyclic amines) is 1. The van der Waals surface area contributed by atoms with Gasteiger partial charge in [0, 0.05) is 23.9 Å². The zero-order valence-corrected chi connectivity index (χ0v) is 14.8. The van der Waals surface area contributed by atoms with Crippen molar-refractivity contribution < 1.29 is 9.53 Å². The number of amides is 1. The summed E-state index contributed by atoms with van der Waals surface area (Å²) in [5.74, 6) is 1.54. The van der Waals surface area contributed by atoms with Gasteiger partial charge in [-0.3, -0.25) is 4.79 Å². The maximum Gasteiger partial charge on any atom is 0.255 e. The van der Waals surface area contributed by atoms with Crippen molar-refractivity contribution in [1.29, 1.82) is 0 Å². The Morgan fingerprint density at radius 1 is 1.29 bits per heavy atom. The van der Waals surface area contributed by atoms with E-state index in [4.69, 9.17) is 4.74 Å². The predicted octanol–water partition coefficient (Wildman–Crippen LogP) is 3.19. The molecular formula is C18H21N3O2S. The normalized spacial score (nSPS) is 17.1. The van der Waals surface area contributed by atoms with Gasteiger partial charge in [-0.25, -0.2) is 0 Å². The number of hydrogen-bond acceptors (Lipinski definition) is 5. The molecule has 0 radical (unpaired) electrons. The van der Waals surface area contributed by atoms with Crippen molar-refractivity contribution in [2.75, 3.05) is 18.8 Å². The average molecular weight is 343 g/mol. The Morgan fingerprint density at radius 3 is 2.88 bits per heavy atom. The molecule has 0 N–H and O–H groups in total. The lowest BCUT2D eigenvalue weighted by molar-refractivity contribution is 0.0767. The predicted molar refractivity (Wildman–Crippen MR) is 94.5 cm³/mol. The minimum absolute atomic E-state index is 0.0306. The summed E-state index contributed by atoms with van der Waals surface area (Å²) in [4.78, 5) is 15.7. The zero-order valence-electron chi connectivity index (χ0n) is 13.9. The fourth-order valence-electron chi connectivity index (χ4n) is 2.72. The van der Waals surface area contributed by atoms with Crippen molar-refractivity contribution in [3.8, 4) is 5.88 Å². The Labute approximate surface area is 146 Å². The first kappa shape index (κ1) is 16.8. The molecule has 2 heterocycles. The summed E-state index contributed by atoms with van der Waals surface area (Å²) in [7, 11) is 0. The summed E-state index contributed by atoms with van der Waals surface area (Å²) in [6.07, 6.45) is 0.779. The first-order valence-corrected chi connectivity index (χ1v) is 9.14. The van der Waals surface area contributed by atoms with E-state index in [1.807, 2.05) is 48.2 Å². The summed E-state index contributed by atoms with van der Waals surface area (Å²) < 4.78 is 5.85. The lowest BCUT2D eigenvalue weighted by atomic mass is 10.2. The Hall–Kier alpha value is -2.08. The third-order valence-electron chi connectivity index (χ3n) is 3.91. The van der Waals surface area contributed by atoms with E-state index in [-0.39, 0.29) is 12.0 Å². The van der Waals surface area contributed by atoms with Gasteiger partial charge in [0.1, 0.15) is 6.10 Å². The van der Waals surface area contributed by atoms with Crippen LogP contribution < -0.4 is 4.74 Å². The standard InChI is InChI=1S/C18H21N3O2S/c1-3-24-16-7-5-4-6-15(16)18(22)21-11-10-14(12-21)23-17-9-8-13(2)19-20-17/h4-9,14H,3,10-12H2,1-2H3. The molecule has 1 saturated heterocycles. The van der Waals surface area contributed by atoms with Crippen molar-refractivity contribution >= 4 is 17.7 Å². The molecule has 2 aromatic rings. The largest absolute Gasteiger partial charge is 0.471 e. The fraction of sp³-hybridized carbons (Fsp3) is 0.389. The molecule has 5 nitrogen and oxygen atoms in total. The number of benzene rings is 1. The second-order valence-corrected chi connectivity index (χ2v) is 7.03. The second kappa shape index (κ2) is 7.66. The summed E-state index contributed by atoms with van der Waals surface area (Å²) >= 11 is 1.70. The van der Waals surface area contributed by atoms with Crippen molar-refractivity contribution in [2.45, 2.75) is 31.3 Å². The van der Waals surface area contributed by atoms with Crippen LogP contribution >= 0.6 is 11.8 Å². The highest BCUT2D eigenvalue weighted by molar-refractivity contribution is 7.99. The number of carbonyl (C=O) groups excluding carboxylic acids is 1. The van der Waals surface area contributed by atoms with Crippen LogP contribution in [0, 0.1) is 6.92 Å². The van der Waals surface area contributed by atoms with Crippen LogP contribution in [0.2, 0.25) is 0 Å². The molecule has 1 unspecified atom stereocenters. The van der Waals surface area contributed by atoms with Crippen LogP contribution in [0.25, 0.3) is 0 Å². The first-order valence-electron chi connectivity index (χ1n) is 8.15. The fourth-order valence-corrected chi connectivity index (χ4v) is 3.52. The first-order chi connectivity index (χ1) is 11.7. The highest BCUT2D eigenvalue weighted by Crippen LogP contribution is 2.25. The molecule has 0 saturated carbocycles. The van der Waals surface area contributed by atoms with Gasteiger partial charge >= 0.3 is 0 Å². The number of ether oxygens (including phenoxy) is 1. The maximum atomic E-state index is 12.8. The third kappa shape index (κ3) is 3.87. The Bertz CT molecular complexity index is 706. The van der Waals surface area contributed by atoms with Gasteiger partial charge in [-0.15, -0.1) is 16.9 Å². The number of hydrogen-bond donors (Lipinski definition) is 0. The molecule has 1 fully saturated rings. The summed E-state index contributed by atoms with van der Waals surface area (Å²) in [5.41, 5.74) is 1.63. The smallest absolute Gasteiger partial charge is 0.255 e. The second-order valence-electron chi connectivity index (χ2n) is 5.72. The number of rotatable bonds is 5. The Morgan fingerprint density at radius 2 is 2.12 bits per heavy atom. The van der Waals surface area contributed by atoms with Crippen molar-refractivity contribution in [3.05, 3.63) is 47.7 Å². The lowest BCUT2D eigenvalue weighted by Crippen LogP contribution is -2.31. The van der Waals surface area contributed by atoms with Crippen molar-refractivity contribution in [1.82, 2.24) is 15.1 Å². The average Bonchev–Trinajstić information content (AvgIpc) is 3.06. The maximum absolute atomic E-state index is 12.8. The van der Waals surface area contributed by atoms with Gasteiger partial charge in [-0.1, -0.05) is 19.1 Å². The van der Waals surface area contributed by atoms with E-state index in [0.717, 1.165) is 28.3 Å². The van der Waals surface area contributed by atoms with Gasteiger partial charge in [0.2, 0.25) is 5.88 Å². The zero-order chi connectivity index (χ0) is 16.9. The van der Waals surface area contributed by atoms with Crippen LogP contribution in [0.3, 0.4) is 0 Å². The molecule has 1 aromatic carbocycles. The number of nitrogens with zero attached hydrogens (tertiary/aromatic N) is 3. The molecule has 6 heteroatoms. The molecule has 1 aliphatic rings. The van der Waals surface area contributed by atoms with Gasteiger partial charge in [-0.2, -0.15) is 5.10 Å². The van der Waals surface area contributed by atoms with E-state index in [1.54, 1.807) is 11.8 Å². The topological polar surface area (TPSA) is 55.3 Å². The number of carbonyl (C=O) groups is 1. The molecule has 126 valence electrons. The van der Waals surface area contributed by atoms with E-state index in [2.05, 4.69) is 17.1 Å². The SMILES string of the molecule is CCSc1ccccc1C(=O)N1CCC(Oc2ccc(C)nn2)C1. The monoisotopic (exact) mass is 343 g/mol. The van der Waals surface area contributed by atoms with Crippen LogP contribution in [-0.4, -0.2) is 46.0 Å². The van der Waals surface area contributed by atoms with E-state index in [0.29, 0.717) is 19.0 Å². The van der Waals surface area contributed by atoms with Crippen molar-refractivity contribution in [3.63, 3.8) is 0 Å². The Kier molecular flexibility index (Phi) is 5.35. The lowest BCUT2D eigenvalue weighted by Gasteiger charge is -2.18. The highest BCUT2D eigenvalue weighted by atomic mass is 32.2. The molecule has 1 atom stereocenters. The van der Waals surface area contributed by atoms with Gasteiger partial charge < -0.3 is 9.64 Å². The van der Waals surface area contributed by atoms with Crippen LogP contribution in [0.1, 0.15) is 29.4 Å². The highest BCUT2D eigenvalue weighted by Gasteiger charge is 2.29.